The summed E-state index contributed by atoms with van der Waals surface area (Å²) in [6.45, 7) is 0. The molecule has 0 atom stereocenters. The Morgan fingerprint density at radius 2 is 1.46 bits per heavy atom. The molecular weight excluding hydrogens is 304 g/mol. The zero-order valence-corrected chi connectivity index (χ0v) is 13.4. The number of rotatable bonds is 4. The number of benzene rings is 2. The first kappa shape index (κ1) is 16.2. The van der Waals surface area contributed by atoms with Crippen molar-refractivity contribution in [3.8, 4) is 11.5 Å². The summed E-state index contributed by atoms with van der Waals surface area (Å²) < 4.78 is 10.8. The second kappa shape index (κ2) is 7.77. The van der Waals surface area contributed by atoms with E-state index in [0.717, 1.165) is 25.7 Å². The molecule has 0 bridgehead atoms. The van der Waals surface area contributed by atoms with Gasteiger partial charge in [0.25, 0.3) is 0 Å². The zero-order valence-electron chi connectivity index (χ0n) is 13.4. The van der Waals surface area contributed by atoms with Crippen LogP contribution in [0.3, 0.4) is 0 Å². The maximum absolute atomic E-state index is 12.2. The molecule has 1 fully saturated rings. The van der Waals surface area contributed by atoms with Crippen molar-refractivity contribution in [3.63, 3.8) is 0 Å². The first-order valence-electron chi connectivity index (χ1n) is 8.31. The Bertz CT molecular complexity index is 703. The van der Waals surface area contributed by atoms with Crippen LogP contribution in [-0.4, -0.2) is 11.9 Å². The van der Waals surface area contributed by atoms with Crippen LogP contribution in [0.4, 0.5) is 0 Å². The molecule has 3 rings (SSSR count). The number of ether oxygens (including phenoxy) is 2. The topological polar surface area (TPSA) is 52.6 Å². The van der Waals surface area contributed by atoms with E-state index in [-0.39, 0.29) is 11.9 Å². The van der Waals surface area contributed by atoms with Crippen molar-refractivity contribution < 1.29 is 19.1 Å². The standard InChI is InChI=1S/C20H20O4/c21-19(15-8-3-1-4-9-15)23-17-12-7-13-18(14-17)24-20(22)16-10-5-2-6-11-16/h1,3-4,7-9,12-14,16H,2,5-6,10-11H2. The van der Waals surface area contributed by atoms with E-state index in [9.17, 15) is 9.59 Å². The lowest BCUT2D eigenvalue weighted by atomic mass is 9.89. The predicted octanol–water partition coefficient (Wildman–Crippen LogP) is 4.39. The fraction of sp³-hybridized carbons (Fsp3) is 0.300. The van der Waals surface area contributed by atoms with Gasteiger partial charge in [0, 0.05) is 6.07 Å². The van der Waals surface area contributed by atoms with Crippen LogP contribution in [0.25, 0.3) is 0 Å². The minimum atomic E-state index is -0.439. The van der Waals surface area contributed by atoms with E-state index < -0.39 is 5.97 Å². The van der Waals surface area contributed by atoms with Gasteiger partial charge in [0.1, 0.15) is 11.5 Å². The van der Waals surface area contributed by atoms with Gasteiger partial charge in [-0.1, -0.05) is 43.5 Å². The van der Waals surface area contributed by atoms with Crippen molar-refractivity contribution >= 4 is 11.9 Å². The van der Waals surface area contributed by atoms with Crippen molar-refractivity contribution in [2.24, 2.45) is 5.92 Å². The predicted molar refractivity (Wildman–Crippen MR) is 90.1 cm³/mol. The van der Waals surface area contributed by atoms with Gasteiger partial charge >= 0.3 is 11.9 Å². The van der Waals surface area contributed by atoms with Crippen molar-refractivity contribution in [2.45, 2.75) is 32.1 Å². The maximum atomic E-state index is 12.2. The summed E-state index contributed by atoms with van der Waals surface area (Å²) in [5, 5.41) is 0. The lowest BCUT2D eigenvalue weighted by Crippen LogP contribution is -2.22. The fourth-order valence-corrected chi connectivity index (χ4v) is 2.88. The molecule has 24 heavy (non-hydrogen) atoms. The van der Waals surface area contributed by atoms with Gasteiger partial charge in [-0.3, -0.25) is 4.79 Å². The molecule has 124 valence electrons. The van der Waals surface area contributed by atoms with Crippen LogP contribution in [0, 0.1) is 5.92 Å². The summed E-state index contributed by atoms with van der Waals surface area (Å²) >= 11 is 0. The van der Waals surface area contributed by atoms with E-state index in [1.54, 1.807) is 48.5 Å². The zero-order chi connectivity index (χ0) is 16.8. The van der Waals surface area contributed by atoms with Crippen LogP contribution in [0.15, 0.2) is 54.6 Å². The molecule has 1 aliphatic rings. The Morgan fingerprint density at radius 1 is 0.792 bits per heavy atom. The van der Waals surface area contributed by atoms with Gasteiger partial charge in [-0.25, -0.2) is 4.79 Å². The highest BCUT2D eigenvalue weighted by molar-refractivity contribution is 5.91. The molecule has 0 radical (unpaired) electrons. The molecule has 0 N–H and O–H groups in total. The monoisotopic (exact) mass is 324 g/mol. The molecule has 0 unspecified atom stereocenters. The van der Waals surface area contributed by atoms with Crippen molar-refractivity contribution in [2.75, 3.05) is 0 Å². The van der Waals surface area contributed by atoms with Gasteiger partial charge in [0.05, 0.1) is 11.5 Å². The highest BCUT2D eigenvalue weighted by atomic mass is 16.5. The minimum Gasteiger partial charge on any atom is -0.426 e. The summed E-state index contributed by atoms with van der Waals surface area (Å²) in [5.41, 5.74) is 0.474. The summed E-state index contributed by atoms with van der Waals surface area (Å²) in [7, 11) is 0. The van der Waals surface area contributed by atoms with E-state index in [1.807, 2.05) is 6.07 Å². The molecule has 2 aromatic rings. The summed E-state index contributed by atoms with van der Waals surface area (Å²) in [4.78, 5) is 24.3. The third-order valence-electron chi connectivity index (χ3n) is 4.18. The van der Waals surface area contributed by atoms with Crippen molar-refractivity contribution in [3.05, 3.63) is 60.2 Å². The Kier molecular flexibility index (Phi) is 5.26. The number of carbonyl (C=O) groups is 2. The van der Waals surface area contributed by atoms with E-state index in [0.29, 0.717) is 17.1 Å². The SMILES string of the molecule is O=C(Oc1cccc(OC(=O)C2CCCCC2)c1)c1ccccc1. The molecule has 1 saturated carbocycles. The minimum absolute atomic E-state index is 0.0192. The van der Waals surface area contributed by atoms with Crippen LogP contribution in [0.1, 0.15) is 42.5 Å². The normalized spacial score (nSPS) is 14.8. The number of esters is 2. The largest absolute Gasteiger partial charge is 0.426 e. The molecule has 0 heterocycles. The average molecular weight is 324 g/mol. The third kappa shape index (κ3) is 4.22. The molecule has 2 aromatic carbocycles. The van der Waals surface area contributed by atoms with Gasteiger partial charge < -0.3 is 9.47 Å². The average Bonchev–Trinajstić information content (AvgIpc) is 2.63. The lowest BCUT2D eigenvalue weighted by molar-refractivity contribution is -0.139. The van der Waals surface area contributed by atoms with E-state index in [4.69, 9.17) is 9.47 Å². The Balaban J connectivity index is 1.63. The highest BCUT2D eigenvalue weighted by Crippen LogP contribution is 2.27. The first-order valence-corrected chi connectivity index (χ1v) is 8.31. The Morgan fingerprint density at radius 3 is 2.17 bits per heavy atom. The Labute approximate surface area is 141 Å². The van der Waals surface area contributed by atoms with Gasteiger partial charge in [0.15, 0.2) is 0 Å². The molecule has 0 amide bonds. The molecule has 0 saturated heterocycles. The quantitative estimate of drug-likeness (QED) is 0.618. The fourth-order valence-electron chi connectivity index (χ4n) is 2.88. The summed E-state index contributed by atoms with van der Waals surface area (Å²) in [6.07, 6.45) is 5.13. The number of hydrogen-bond donors (Lipinski definition) is 0. The molecule has 4 heteroatoms. The summed E-state index contributed by atoms with van der Waals surface area (Å²) in [5.74, 6) is 0.114. The molecule has 4 nitrogen and oxygen atoms in total. The number of carbonyl (C=O) groups excluding carboxylic acids is 2. The van der Waals surface area contributed by atoms with Gasteiger partial charge in [-0.15, -0.1) is 0 Å². The van der Waals surface area contributed by atoms with Crippen molar-refractivity contribution in [1.29, 1.82) is 0 Å². The van der Waals surface area contributed by atoms with E-state index in [2.05, 4.69) is 0 Å². The molecule has 0 aromatic heterocycles. The van der Waals surface area contributed by atoms with Crippen LogP contribution < -0.4 is 9.47 Å². The molecule has 0 aliphatic heterocycles. The van der Waals surface area contributed by atoms with Crippen LogP contribution in [-0.2, 0) is 4.79 Å². The molecule has 1 aliphatic carbocycles. The number of hydrogen-bond acceptors (Lipinski definition) is 4. The maximum Gasteiger partial charge on any atom is 0.343 e. The second-order valence-electron chi connectivity index (χ2n) is 5.99. The third-order valence-corrected chi connectivity index (χ3v) is 4.18. The van der Waals surface area contributed by atoms with E-state index >= 15 is 0 Å². The lowest BCUT2D eigenvalue weighted by Gasteiger charge is -2.19. The van der Waals surface area contributed by atoms with Gasteiger partial charge in [-0.2, -0.15) is 0 Å². The second-order valence-corrected chi connectivity index (χ2v) is 5.99. The highest BCUT2D eigenvalue weighted by Gasteiger charge is 2.23. The first-order chi connectivity index (χ1) is 11.7. The molecular formula is C20H20O4. The van der Waals surface area contributed by atoms with Gasteiger partial charge in [-0.05, 0) is 37.1 Å². The van der Waals surface area contributed by atoms with Crippen molar-refractivity contribution in [1.82, 2.24) is 0 Å². The Hall–Kier alpha value is -2.62. The van der Waals surface area contributed by atoms with E-state index in [1.165, 1.54) is 6.42 Å². The van der Waals surface area contributed by atoms with Crippen LogP contribution in [0.2, 0.25) is 0 Å². The smallest absolute Gasteiger partial charge is 0.343 e. The van der Waals surface area contributed by atoms with Gasteiger partial charge in [0.2, 0.25) is 0 Å². The summed E-state index contributed by atoms with van der Waals surface area (Å²) in [6, 6.07) is 15.4. The van der Waals surface area contributed by atoms with Crippen LogP contribution in [0.5, 0.6) is 11.5 Å². The molecule has 0 spiro atoms. The van der Waals surface area contributed by atoms with Crippen LogP contribution >= 0.6 is 0 Å².